The molecule has 0 atom stereocenters. The number of carbonyl (C=O) groups is 1. The van der Waals surface area contributed by atoms with Crippen molar-refractivity contribution in [3.05, 3.63) is 112 Å². The zero-order chi connectivity index (χ0) is 26.0. The summed E-state index contributed by atoms with van der Waals surface area (Å²) < 4.78 is 8.28. The summed E-state index contributed by atoms with van der Waals surface area (Å²) in [5.41, 5.74) is 0.539. The molecule has 0 fully saturated rings. The maximum absolute atomic E-state index is 14.0. The molecule has 0 saturated carbocycles. The minimum atomic E-state index is -0.600. The van der Waals surface area contributed by atoms with Crippen LogP contribution in [-0.2, 0) is 0 Å². The summed E-state index contributed by atoms with van der Waals surface area (Å²) in [7, 11) is 0. The Labute approximate surface area is 213 Å². The molecule has 4 heterocycles. The van der Waals surface area contributed by atoms with Gasteiger partial charge < -0.3 is 4.42 Å². The number of hydrogen-bond donors (Lipinski definition) is 0. The molecule has 7 aromatic rings. The van der Waals surface area contributed by atoms with Crippen molar-refractivity contribution >= 4 is 44.3 Å². The maximum atomic E-state index is 14.0. The Balaban J connectivity index is 1.59. The third kappa shape index (κ3) is 3.12. The van der Waals surface area contributed by atoms with E-state index < -0.39 is 17.0 Å². The van der Waals surface area contributed by atoms with Crippen molar-refractivity contribution in [2.24, 2.45) is 0 Å². The van der Waals surface area contributed by atoms with Gasteiger partial charge in [0.05, 0.1) is 16.6 Å². The summed E-state index contributed by atoms with van der Waals surface area (Å²) in [6, 6.07) is 23.8. The van der Waals surface area contributed by atoms with Crippen LogP contribution in [0.3, 0.4) is 0 Å². The molecule has 0 saturated heterocycles. The number of nitrogens with zero attached hydrogens (tertiary/aromatic N) is 5. The smallest absolute Gasteiger partial charge is 0.344 e. The van der Waals surface area contributed by atoms with E-state index in [4.69, 9.17) is 4.42 Å². The number of aromatic nitrogens is 5. The fraction of sp³-hybridized carbons (Fsp3) is 0.0345. The summed E-state index contributed by atoms with van der Waals surface area (Å²) in [6.07, 6.45) is 1.49. The molecule has 0 spiro atoms. The highest BCUT2D eigenvalue weighted by Crippen LogP contribution is 2.30. The highest BCUT2D eigenvalue weighted by molar-refractivity contribution is 6.07. The molecular weight excluding hydrogens is 482 g/mol. The van der Waals surface area contributed by atoms with Crippen LogP contribution in [0.5, 0.6) is 0 Å². The molecule has 0 aliphatic rings. The molecule has 0 bridgehead atoms. The number of Topliss-reactive ketones (excluding diaryl/α,β-unsaturated/α-hetero) is 1. The van der Waals surface area contributed by atoms with Gasteiger partial charge in [0.1, 0.15) is 5.58 Å². The van der Waals surface area contributed by atoms with E-state index in [1.807, 2.05) is 48.5 Å². The number of para-hydroxylation sites is 1. The van der Waals surface area contributed by atoms with Crippen molar-refractivity contribution in [2.45, 2.75) is 6.92 Å². The summed E-state index contributed by atoms with van der Waals surface area (Å²) in [5.74, 6) is -0.343. The SMILES string of the molecule is CC(=O)c1nn(-c2ccccc2)c2nc3nccc(-c4cc5c(ccc6ccccc65)oc4=O)c3c(=O)n12. The first-order chi connectivity index (χ1) is 18.5. The van der Waals surface area contributed by atoms with E-state index in [1.165, 1.54) is 22.2 Å². The van der Waals surface area contributed by atoms with Crippen LogP contribution in [0, 0.1) is 0 Å². The Kier molecular flexibility index (Phi) is 4.61. The summed E-state index contributed by atoms with van der Waals surface area (Å²) in [6.45, 7) is 1.33. The van der Waals surface area contributed by atoms with Gasteiger partial charge in [0.15, 0.2) is 11.4 Å². The van der Waals surface area contributed by atoms with Crippen molar-refractivity contribution in [2.75, 3.05) is 0 Å². The number of hydrogen-bond acceptors (Lipinski definition) is 7. The minimum absolute atomic E-state index is 0.0744. The van der Waals surface area contributed by atoms with E-state index in [0.29, 0.717) is 16.8 Å². The van der Waals surface area contributed by atoms with Crippen molar-refractivity contribution < 1.29 is 9.21 Å². The van der Waals surface area contributed by atoms with Crippen LogP contribution in [0.15, 0.2) is 99.1 Å². The van der Waals surface area contributed by atoms with Crippen LogP contribution in [0.4, 0.5) is 0 Å². The Morgan fingerprint density at radius 1 is 0.868 bits per heavy atom. The fourth-order valence-corrected chi connectivity index (χ4v) is 4.86. The molecule has 0 unspecified atom stereocenters. The monoisotopic (exact) mass is 499 g/mol. The molecule has 4 aromatic heterocycles. The quantitative estimate of drug-likeness (QED) is 0.199. The fourth-order valence-electron chi connectivity index (χ4n) is 4.86. The predicted molar refractivity (Wildman–Crippen MR) is 143 cm³/mol. The summed E-state index contributed by atoms with van der Waals surface area (Å²) in [5, 5.41) is 7.12. The number of ketones is 1. The molecule has 9 nitrogen and oxygen atoms in total. The molecule has 3 aromatic carbocycles. The molecule has 0 radical (unpaired) electrons. The van der Waals surface area contributed by atoms with Crippen LogP contribution in [0.2, 0.25) is 0 Å². The first-order valence-electron chi connectivity index (χ1n) is 11.8. The number of fused-ring (bicyclic) bond motifs is 5. The molecule has 182 valence electrons. The zero-order valence-electron chi connectivity index (χ0n) is 20.0. The van der Waals surface area contributed by atoms with Crippen LogP contribution in [-0.4, -0.2) is 29.9 Å². The second kappa shape index (κ2) is 8.04. The summed E-state index contributed by atoms with van der Waals surface area (Å²) in [4.78, 5) is 48.6. The van der Waals surface area contributed by atoms with Crippen LogP contribution in [0.25, 0.3) is 55.4 Å². The first kappa shape index (κ1) is 21.8. The van der Waals surface area contributed by atoms with Gasteiger partial charge in [-0.3, -0.25) is 9.59 Å². The second-order valence-corrected chi connectivity index (χ2v) is 8.88. The average molecular weight is 499 g/mol. The summed E-state index contributed by atoms with van der Waals surface area (Å²) >= 11 is 0. The van der Waals surface area contributed by atoms with Gasteiger partial charge >= 0.3 is 5.63 Å². The predicted octanol–water partition coefficient (Wildman–Crippen LogP) is 4.56. The molecule has 0 amide bonds. The molecule has 38 heavy (non-hydrogen) atoms. The van der Waals surface area contributed by atoms with Crippen molar-refractivity contribution in [1.82, 2.24) is 24.1 Å². The van der Waals surface area contributed by atoms with Crippen molar-refractivity contribution in [3.63, 3.8) is 0 Å². The highest BCUT2D eigenvalue weighted by Gasteiger charge is 2.23. The number of carbonyl (C=O) groups excluding carboxylic acids is 1. The van der Waals surface area contributed by atoms with E-state index in [2.05, 4.69) is 15.1 Å². The largest absolute Gasteiger partial charge is 0.422 e. The van der Waals surface area contributed by atoms with Gasteiger partial charge in [0.25, 0.3) is 5.56 Å². The Bertz CT molecular complexity index is 2210. The van der Waals surface area contributed by atoms with Gasteiger partial charge in [-0.15, -0.1) is 5.10 Å². The number of rotatable bonds is 3. The normalized spacial score (nSPS) is 11.6. The highest BCUT2D eigenvalue weighted by atomic mass is 16.4. The lowest BCUT2D eigenvalue weighted by molar-refractivity contribution is 0.100. The van der Waals surface area contributed by atoms with Crippen molar-refractivity contribution in [1.29, 1.82) is 0 Å². The van der Waals surface area contributed by atoms with E-state index in [-0.39, 0.29) is 28.2 Å². The van der Waals surface area contributed by atoms with E-state index in [0.717, 1.165) is 16.2 Å². The molecule has 7 rings (SSSR count). The standard InChI is InChI=1S/C29H17N5O4/c1-16(35)26-32-34(18-8-3-2-4-9-18)29-31-25-24(27(36)33(26)29)20(13-14-30-25)22-15-21-19-10-6-5-7-17(19)11-12-23(21)38-28(22)37/h2-15H,1H3. The van der Waals surface area contributed by atoms with Gasteiger partial charge in [-0.05, 0) is 41.1 Å². The second-order valence-electron chi connectivity index (χ2n) is 8.88. The lowest BCUT2D eigenvalue weighted by Crippen LogP contribution is -2.20. The zero-order valence-corrected chi connectivity index (χ0v) is 20.0. The molecule has 0 aliphatic heterocycles. The molecule has 0 aliphatic carbocycles. The molecule has 9 heteroatoms. The van der Waals surface area contributed by atoms with Gasteiger partial charge in [-0.1, -0.05) is 48.5 Å². The lowest BCUT2D eigenvalue weighted by atomic mass is 10.0. The van der Waals surface area contributed by atoms with Gasteiger partial charge in [0, 0.05) is 24.1 Å². The topological polar surface area (TPSA) is 112 Å². The Hall–Kier alpha value is -5.44. The van der Waals surface area contributed by atoms with E-state index in [1.54, 1.807) is 30.3 Å². The lowest BCUT2D eigenvalue weighted by Gasteiger charge is -2.08. The van der Waals surface area contributed by atoms with Crippen LogP contribution >= 0.6 is 0 Å². The maximum Gasteiger partial charge on any atom is 0.344 e. The minimum Gasteiger partial charge on any atom is -0.422 e. The Morgan fingerprint density at radius 3 is 2.47 bits per heavy atom. The first-order valence-corrected chi connectivity index (χ1v) is 11.8. The number of pyridine rings is 1. The van der Waals surface area contributed by atoms with Crippen LogP contribution < -0.4 is 11.2 Å². The number of benzene rings is 3. The van der Waals surface area contributed by atoms with Crippen molar-refractivity contribution in [3.8, 4) is 16.8 Å². The van der Waals surface area contributed by atoms with Gasteiger partial charge in [-0.25, -0.2) is 14.2 Å². The van der Waals surface area contributed by atoms with Gasteiger partial charge in [0.2, 0.25) is 11.6 Å². The van der Waals surface area contributed by atoms with E-state index in [9.17, 15) is 14.4 Å². The third-order valence-electron chi connectivity index (χ3n) is 6.60. The third-order valence-corrected chi connectivity index (χ3v) is 6.60. The van der Waals surface area contributed by atoms with Crippen LogP contribution in [0.1, 0.15) is 17.5 Å². The Morgan fingerprint density at radius 2 is 1.66 bits per heavy atom. The molecular formula is C29H17N5O4. The molecule has 0 N–H and O–H groups in total. The van der Waals surface area contributed by atoms with Gasteiger partial charge in [-0.2, -0.15) is 9.67 Å². The van der Waals surface area contributed by atoms with E-state index >= 15 is 0 Å². The average Bonchev–Trinajstić information content (AvgIpc) is 3.33.